The molecule has 0 radical (unpaired) electrons. The number of ether oxygens (including phenoxy) is 1. The van der Waals surface area contributed by atoms with Gasteiger partial charge in [0.1, 0.15) is 6.61 Å². The average Bonchev–Trinajstić information content (AvgIpc) is 2.71. The summed E-state index contributed by atoms with van der Waals surface area (Å²) in [5, 5.41) is 16.1. The van der Waals surface area contributed by atoms with Crippen LogP contribution in [0.5, 0.6) is 0 Å². The van der Waals surface area contributed by atoms with E-state index in [1.165, 1.54) is 0 Å². The van der Waals surface area contributed by atoms with Crippen molar-refractivity contribution in [3.63, 3.8) is 0 Å². The van der Waals surface area contributed by atoms with E-state index in [-0.39, 0.29) is 37.7 Å². The Morgan fingerprint density at radius 1 is 1.44 bits per heavy atom. The largest absolute Gasteiger partial charge is 0.480 e. The normalized spacial score (nSPS) is 18.2. The molecule has 4 N–H and O–H groups in total. The van der Waals surface area contributed by atoms with Crippen LogP contribution in [-0.4, -0.2) is 55.4 Å². The van der Waals surface area contributed by atoms with Crippen LogP contribution in [0.3, 0.4) is 0 Å². The fourth-order valence-electron chi connectivity index (χ4n) is 1.51. The lowest BCUT2D eigenvalue weighted by atomic mass is 10.2. The van der Waals surface area contributed by atoms with Gasteiger partial charge in [0.2, 0.25) is 5.91 Å². The molecule has 1 rings (SSSR count). The number of amides is 3. The number of aliphatic carboxylic acids is 1. The summed E-state index contributed by atoms with van der Waals surface area (Å²) < 4.78 is 4.74. The molecule has 0 saturated carbocycles. The van der Waals surface area contributed by atoms with Gasteiger partial charge in [-0.1, -0.05) is 0 Å². The summed E-state index contributed by atoms with van der Waals surface area (Å²) in [7, 11) is 0. The van der Waals surface area contributed by atoms with E-state index in [9.17, 15) is 14.4 Å². The van der Waals surface area contributed by atoms with Crippen molar-refractivity contribution in [1.82, 2.24) is 16.0 Å². The number of carbonyl (C=O) groups excluding carboxylic acids is 2. The molecule has 8 nitrogen and oxygen atoms in total. The van der Waals surface area contributed by atoms with Crippen LogP contribution in [0.2, 0.25) is 0 Å². The Morgan fingerprint density at radius 2 is 2.22 bits per heavy atom. The van der Waals surface area contributed by atoms with E-state index in [1.54, 1.807) is 0 Å². The fourth-order valence-corrected chi connectivity index (χ4v) is 1.51. The molecular formula is C10H17N3O5. The highest BCUT2D eigenvalue weighted by Gasteiger charge is 2.20. The van der Waals surface area contributed by atoms with Gasteiger partial charge < -0.3 is 25.8 Å². The second-order valence-electron chi connectivity index (χ2n) is 3.89. The molecular weight excluding hydrogens is 242 g/mol. The van der Waals surface area contributed by atoms with Crippen LogP contribution in [-0.2, 0) is 14.3 Å². The monoisotopic (exact) mass is 259 g/mol. The molecule has 1 unspecified atom stereocenters. The maximum atomic E-state index is 11.3. The Balaban J connectivity index is 1.97. The van der Waals surface area contributed by atoms with E-state index in [0.717, 1.165) is 6.42 Å². The van der Waals surface area contributed by atoms with Crippen LogP contribution in [0.15, 0.2) is 0 Å². The van der Waals surface area contributed by atoms with Gasteiger partial charge in [0, 0.05) is 25.6 Å². The lowest BCUT2D eigenvalue weighted by Gasteiger charge is -2.12. The highest BCUT2D eigenvalue weighted by Crippen LogP contribution is 2.04. The van der Waals surface area contributed by atoms with Gasteiger partial charge in [0.25, 0.3) is 0 Å². The maximum Gasteiger partial charge on any atom is 0.329 e. The minimum atomic E-state index is -1.04. The third-order valence-corrected chi connectivity index (χ3v) is 2.35. The molecule has 18 heavy (non-hydrogen) atoms. The number of carboxylic acids is 1. The minimum absolute atomic E-state index is 0.00396. The zero-order valence-corrected chi connectivity index (χ0v) is 9.90. The molecule has 1 atom stereocenters. The molecule has 0 aromatic heterocycles. The van der Waals surface area contributed by atoms with Gasteiger partial charge in [-0.05, 0) is 6.42 Å². The molecule has 0 bridgehead atoms. The second kappa shape index (κ2) is 7.49. The summed E-state index contributed by atoms with van der Waals surface area (Å²) in [6.45, 7) is 0.376. The number of carbonyl (C=O) groups is 3. The number of urea groups is 1. The zero-order chi connectivity index (χ0) is 13.4. The van der Waals surface area contributed by atoms with E-state index in [0.29, 0.717) is 13.0 Å². The molecule has 1 aliphatic rings. The van der Waals surface area contributed by atoms with Crippen LogP contribution in [0.25, 0.3) is 0 Å². The van der Waals surface area contributed by atoms with E-state index in [1.807, 2.05) is 0 Å². The summed E-state index contributed by atoms with van der Waals surface area (Å²) in [6.07, 6.45) is 1.22. The van der Waals surface area contributed by atoms with Crippen LogP contribution in [0, 0.1) is 0 Å². The molecule has 3 amide bonds. The van der Waals surface area contributed by atoms with Gasteiger partial charge in [-0.15, -0.1) is 0 Å². The predicted molar refractivity (Wildman–Crippen MR) is 61.0 cm³/mol. The maximum absolute atomic E-state index is 11.3. The van der Waals surface area contributed by atoms with E-state index < -0.39 is 5.97 Å². The lowest BCUT2D eigenvalue weighted by molar-refractivity contribution is -0.142. The number of nitrogens with one attached hydrogen (secondary N) is 3. The molecule has 1 heterocycles. The highest BCUT2D eigenvalue weighted by molar-refractivity contribution is 5.79. The van der Waals surface area contributed by atoms with E-state index in [2.05, 4.69) is 16.0 Å². The average molecular weight is 259 g/mol. The number of carboxylic acid groups (broad SMARTS) is 1. The van der Waals surface area contributed by atoms with Crippen LogP contribution < -0.4 is 16.0 Å². The summed E-state index contributed by atoms with van der Waals surface area (Å²) in [4.78, 5) is 32.3. The molecule has 0 spiro atoms. The molecule has 0 aromatic carbocycles. The quantitative estimate of drug-likeness (QED) is 0.422. The molecule has 102 valence electrons. The fraction of sp³-hybridized carbons (Fsp3) is 0.700. The van der Waals surface area contributed by atoms with Gasteiger partial charge >= 0.3 is 12.0 Å². The van der Waals surface area contributed by atoms with Crippen molar-refractivity contribution in [2.75, 3.05) is 26.3 Å². The minimum Gasteiger partial charge on any atom is -0.480 e. The molecule has 0 aliphatic carbocycles. The summed E-state index contributed by atoms with van der Waals surface area (Å²) >= 11 is 0. The summed E-state index contributed by atoms with van der Waals surface area (Å²) in [6, 6.07) is -0.374. The van der Waals surface area contributed by atoms with Crippen molar-refractivity contribution in [2.24, 2.45) is 0 Å². The van der Waals surface area contributed by atoms with Crippen LogP contribution in [0.4, 0.5) is 4.79 Å². The SMILES string of the molecule is O=C(O)COCCNC(=O)NCC1CCC(=O)N1. The third-order valence-electron chi connectivity index (χ3n) is 2.35. The van der Waals surface area contributed by atoms with Gasteiger partial charge in [-0.2, -0.15) is 0 Å². The lowest BCUT2D eigenvalue weighted by Crippen LogP contribution is -2.43. The molecule has 1 saturated heterocycles. The van der Waals surface area contributed by atoms with E-state index in [4.69, 9.17) is 9.84 Å². The number of hydrogen-bond donors (Lipinski definition) is 4. The van der Waals surface area contributed by atoms with Crippen molar-refractivity contribution in [3.8, 4) is 0 Å². The Hall–Kier alpha value is -1.83. The molecule has 8 heteroatoms. The first-order valence-electron chi connectivity index (χ1n) is 5.68. The van der Waals surface area contributed by atoms with Gasteiger partial charge in [-0.25, -0.2) is 9.59 Å². The number of hydrogen-bond acceptors (Lipinski definition) is 4. The van der Waals surface area contributed by atoms with Crippen LogP contribution in [0.1, 0.15) is 12.8 Å². The van der Waals surface area contributed by atoms with Gasteiger partial charge in [0.15, 0.2) is 0 Å². The predicted octanol–water partition coefficient (Wildman–Crippen LogP) is -1.33. The Kier molecular flexibility index (Phi) is 5.92. The van der Waals surface area contributed by atoms with Gasteiger partial charge in [0.05, 0.1) is 6.61 Å². The van der Waals surface area contributed by atoms with Gasteiger partial charge in [-0.3, -0.25) is 4.79 Å². The Morgan fingerprint density at radius 3 is 2.83 bits per heavy atom. The van der Waals surface area contributed by atoms with Crippen molar-refractivity contribution < 1.29 is 24.2 Å². The zero-order valence-electron chi connectivity index (χ0n) is 9.90. The first kappa shape index (κ1) is 14.2. The standard InChI is InChI=1S/C10H17N3O5/c14-8-2-1-7(13-8)5-12-10(17)11-3-4-18-6-9(15)16/h7H,1-6H2,(H,13,14)(H,15,16)(H2,11,12,17). The van der Waals surface area contributed by atoms with Crippen molar-refractivity contribution in [3.05, 3.63) is 0 Å². The van der Waals surface area contributed by atoms with Crippen molar-refractivity contribution >= 4 is 17.9 Å². The Bertz CT molecular complexity index is 321. The third kappa shape index (κ3) is 6.04. The summed E-state index contributed by atoms with van der Waals surface area (Å²) in [5.41, 5.74) is 0. The summed E-state index contributed by atoms with van der Waals surface area (Å²) in [5.74, 6) is -1.04. The second-order valence-corrected chi connectivity index (χ2v) is 3.89. The smallest absolute Gasteiger partial charge is 0.329 e. The highest BCUT2D eigenvalue weighted by atomic mass is 16.5. The topological polar surface area (TPSA) is 117 Å². The van der Waals surface area contributed by atoms with Crippen molar-refractivity contribution in [2.45, 2.75) is 18.9 Å². The first-order chi connectivity index (χ1) is 8.58. The first-order valence-corrected chi connectivity index (χ1v) is 5.68. The molecule has 1 aliphatic heterocycles. The molecule has 1 fully saturated rings. The number of rotatable bonds is 7. The van der Waals surface area contributed by atoms with E-state index >= 15 is 0 Å². The Labute approximate surface area is 104 Å². The molecule has 0 aromatic rings. The van der Waals surface area contributed by atoms with Crippen molar-refractivity contribution in [1.29, 1.82) is 0 Å². The van der Waals surface area contributed by atoms with Crippen LogP contribution >= 0.6 is 0 Å².